The predicted octanol–water partition coefficient (Wildman–Crippen LogP) is 4.07. The van der Waals surface area contributed by atoms with Crippen LogP contribution in [0.4, 0.5) is 0 Å². The van der Waals surface area contributed by atoms with Gasteiger partial charge in [0.1, 0.15) is 5.75 Å². The number of methoxy groups -OCH3 is 1. The lowest BCUT2D eigenvalue weighted by Gasteiger charge is -2.21. The Morgan fingerprint density at radius 2 is 1.68 bits per heavy atom. The molecule has 0 aliphatic carbocycles. The summed E-state index contributed by atoms with van der Waals surface area (Å²) in [6, 6.07) is 17.3. The third kappa shape index (κ3) is 7.43. The molecule has 0 unspecified atom stereocenters. The highest BCUT2D eigenvalue weighted by atomic mass is 16.5. The normalized spacial score (nSPS) is 11.7. The first-order chi connectivity index (χ1) is 13.5. The molecule has 0 aliphatic rings. The van der Waals surface area contributed by atoms with Crippen molar-refractivity contribution in [3.05, 3.63) is 65.7 Å². The van der Waals surface area contributed by atoms with Gasteiger partial charge in [0.2, 0.25) is 0 Å². The van der Waals surface area contributed by atoms with Crippen molar-refractivity contribution in [1.82, 2.24) is 5.32 Å². The number of amides is 1. The average molecular weight is 383 g/mol. The summed E-state index contributed by atoms with van der Waals surface area (Å²) >= 11 is 0. The number of nitrogens with one attached hydrogen (secondary N) is 1. The highest BCUT2D eigenvalue weighted by molar-refractivity contribution is 5.80. The number of hydrogen-bond donors (Lipinski definition) is 1. The van der Waals surface area contributed by atoms with Crippen molar-refractivity contribution in [2.24, 2.45) is 5.92 Å². The molecule has 2 rings (SSSR count). The third-order valence-electron chi connectivity index (χ3n) is 4.39. The zero-order valence-corrected chi connectivity index (χ0v) is 16.8. The Kier molecular flexibility index (Phi) is 8.53. The lowest BCUT2D eigenvalue weighted by atomic mass is 9.97. The van der Waals surface area contributed by atoms with Gasteiger partial charge in [-0.15, -0.1) is 0 Å². The largest absolute Gasteiger partial charge is 0.497 e. The molecule has 0 fully saturated rings. The summed E-state index contributed by atoms with van der Waals surface area (Å²) in [4.78, 5) is 24.2. The monoisotopic (exact) mass is 383 g/mol. The van der Waals surface area contributed by atoms with E-state index in [0.717, 1.165) is 23.3 Å². The topological polar surface area (TPSA) is 64.6 Å². The minimum absolute atomic E-state index is 0.0910. The van der Waals surface area contributed by atoms with E-state index in [-0.39, 0.29) is 30.9 Å². The maximum Gasteiger partial charge on any atom is 0.306 e. The first kappa shape index (κ1) is 21.5. The maximum absolute atomic E-state index is 12.3. The van der Waals surface area contributed by atoms with Crippen molar-refractivity contribution in [3.63, 3.8) is 0 Å². The molecule has 0 aliphatic heterocycles. The summed E-state index contributed by atoms with van der Waals surface area (Å²) in [7, 11) is 1.61. The summed E-state index contributed by atoms with van der Waals surface area (Å²) in [6.07, 6.45) is 1.61. The molecule has 0 saturated carbocycles. The van der Waals surface area contributed by atoms with Crippen LogP contribution >= 0.6 is 0 Å². The van der Waals surface area contributed by atoms with Gasteiger partial charge in [0.05, 0.1) is 13.2 Å². The number of rotatable bonds is 10. The molecule has 0 spiro atoms. The van der Waals surface area contributed by atoms with E-state index in [1.54, 1.807) is 7.11 Å². The van der Waals surface area contributed by atoms with Gasteiger partial charge in [0.15, 0.2) is 6.61 Å². The van der Waals surface area contributed by atoms with Crippen molar-refractivity contribution in [1.29, 1.82) is 0 Å². The highest BCUT2D eigenvalue weighted by Crippen LogP contribution is 2.21. The highest BCUT2D eigenvalue weighted by Gasteiger charge is 2.17. The van der Waals surface area contributed by atoms with E-state index in [9.17, 15) is 9.59 Å². The summed E-state index contributed by atoms with van der Waals surface area (Å²) < 4.78 is 10.2. The van der Waals surface area contributed by atoms with Crippen LogP contribution in [0, 0.1) is 5.92 Å². The molecule has 5 heteroatoms. The zero-order valence-electron chi connectivity index (χ0n) is 16.8. The van der Waals surface area contributed by atoms with E-state index in [1.165, 1.54) is 0 Å². The van der Waals surface area contributed by atoms with Gasteiger partial charge < -0.3 is 14.8 Å². The van der Waals surface area contributed by atoms with Gasteiger partial charge in [0.25, 0.3) is 5.91 Å². The van der Waals surface area contributed by atoms with E-state index in [1.807, 2.05) is 54.6 Å². The number of hydrogen-bond acceptors (Lipinski definition) is 4. The van der Waals surface area contributed by atoms with Crippen LogP contribution in [0.1, 0.15) is 43.9 Å². The van der Waals surface area contributed by atoms with Crippen LogP contribution in [0.2, 0.25) is 0 Å². The number of carbonyl (C=O) groups excluding carboxylic acids is 2. The number of carbonyl (C=O) groups is 2. The van der Waals surface area contributed by atoms with Crippen LogP contribution in [-0.4, -0.2) is 25.6 Å². The van der Waals surface area contributed by atoms with Gasteiger partial charge >= 0.3 is 5.97 Å². The number of benzene rings is 2. The lowest BCUT2D eigenvalue weighted by molar-refractivity contribution is -0.148. The summed E-state index contributed by atoms with van der Waals surface area (Å²) in [5.74, 6) is 0.535. The number of ether oxygens (including phenoxy) is 2. The Morgan fingerprint density at radius 1 is 1.00 bits per heavy atom. The van der Waals surface area contributed by atoms with Crippen LogP contribution in [-0.2, 0) is 20.7 Å². The quantitative estimate of drug-likeness (QED) is 0.628. The second-order valence-corrected chi connectivity index (χ2v) is 7.17. The van der Waals surface area contributed by atoms with Gasteiger partial charge in [-0.3, -0.25) is 9.59 Å². The smallest absolute Gasteiger partial charge is 0.306 e. The first-order valence-corrected chi connectivity index (χ1v) is 9.60. The molecule has 5 nitrogen and oxygen atoms in total. The van der Waals surface area contributed by atoms with Gasteiger partial charge in [-0.25, -0.2) is 0 Å². The van der Waals surface area contributed by atoms with Crippen LogP contribution in [0.3, 0.4) is 0 Å². The average Bonchev–Trinajstić information content (AvgIpc) is 2.71. The maximum atomic E-state index is 12.3. The molecule has 0 radical (unpaired) electrons. The zero-order chi connectivity index (χ0) is 20.4. The standard InChI is InChI=1S/C23H29NO4/c1-17(2)15-21(19-7-5-4-6-8-19)24-22(25)16-28-23(26)14-11-18-9-12-20(27-3)13-10-18/h4-10,12-13,17,21H,11,14-16H2,1-3H3,(H,24,25)/t21-/m0/s1. The van der Waals surface area contributed by atoms with E-state index < -0.39 is 0 Å². The second kappa shape index (κ2) is 11.1. The van der Waals surface area contributed by atoms with Gasteiger partial charge in [0, 0.05) is 6.42 Å². The molecule has 150 valence electrons. The van der Waals surface area contributed by atoms with Crippen molar-refractivity contribution >= 4 is 11.9 Å². The molecular weight excluding hydrogens is 354 g/mol. The van der Waals surface area contributed by atoms with Crippen LogP contribution in [0.25, 0.3) is 0 Å². The molecular formula is C23H29NO4. The summed E-state index contributed by atoms with van der Waals surface area (Å²) in [6.45, 7) is 3.96. The van der Waals surface area contributed by atoms with E-state index in [2.05, 4.69) is 19.2 Å². The van der Waals surface area contributed by atoms with Gasteiger partial charge in [-0.05, 0) is 42.0 Å². The molecule has 0 heterocycles. The molecule has 0 bridgehead atoms. The second-order valence-electron chi connectivity index (χ2n) is 7.17. The van der Waals surface area contributed by atoms with Gasteiger partial charge in [-0.2, -0.15) is 0 Å². The van der Waals surface area contributed by atoms with E-state index in [0.29, 0.717) is 12.3 Å². The molecule has 0 aromatic heterocycles. The molecule has 2 aromatic carbocycles. The minimum Gasteiger partial charge on any atom is -0.497 e. The first-order valence-electron chi connectivity index (χ1n) is 9.60. The van der Waals surface area contributed by atoms with Crippen molar-refractivity contribution in [2.45, 2.75) is 39.2 Å². The van der Waals surface area contributed by atoms with Gasteiger partial charge in [-0.1, -0.05) is 56.3 Å². The fraction of sp³-hybridized carbons (Fsp3) is 0.391. The molecule has 28 heavy (non-hydrogen) atoms. The van der Waals surface area contributed by atoms with E-state index in [4.69, 9.17) is 9.47 Å². The van der Waals surface area contributed by atoms with Crippen molar-refractivity contribution in [3.8, 4) is 5.75 Å². The third-order valence-corrected chi connectivity index (χ3v) is 4.39. The predicted molar refractivity (Wildman–Crippen MR) is 109 cm³/mol. The Bertz CT molecular complexity index is 741. The molecule has 0 saturated heterocycles. The Hall–Kier alpha value is -2.82. The van der Waals surface area contributed by atoms with Crippen molar-refractivity contribution < 1.29 is 19.1 Å². The summed E-state index contributed by atoms with van der Waals surface area (Å²) in [5, 5.41) is 2.98. The molecule has 1 amide bonds. The Balaban J connectivity index is 1.78. The molecule has 1 N–H and O–H groups in total. The van der Waals surface area contributed by atoms with Crippen LogP contribution in [0.5, 0.6) is 5.75 Å². The number of esters is 1. The Labute approximate surface area is 167 Å². The van der Waals surface area contributed by atoms with E-state index >= 15 is 0 Å². The lowest BCUT2D eigenvalue weighted by Crippen LogP contribution is -2.33. The Morgan fingerprint density at radius 3 is 2.29 bits per heavy atom. The molecule has 1 atom stereocenters. The molecule has 2 aromatic rings. The van der Waals surface area contributed by atoms with Crippen LogP contribution in [0.15, 0.2) is 54.6 Å². The fourth-order valence-electron chi connectivity index (χ4n) is 2.93. The number of aryl methyl sites for hydroxylation is 1. The fourth-order valence-corrected chi connectivity index (χ4v) is 2.93. The van der Waals surface area contributed by atoms with Crippen molar-refractivity contribution in [2.75, 3.05) is 13.7 Å². The van der Waals surface area contributed by atoms with Crippen LogP contribution < -0.4 is 10.1 Å². The SMILES string of the molecule is COc1ccc(CCC(=O)OCC(=O)N[C@@H](CC(C)C)c2ccccc2)cc1. The minimum atomic E-state index is -0.383. The summed E-state index contributed by atoms with van der Waals surface area (Å²) in [5.41, 5.74) is 2.07.